The van der Waals surface area contributed by atoms with Gasteiger partial charge in [0.05, 0.1) is 11.3 Å². The van der Waals surface area contributed by atoms with Gasteiger partial charge < -0.3 is 11.1 Å². The first-order chi connectivity index (χ1) is 8.47. The Morgan fingerprint density at radius 3 is 2.67 bits per heavy atom. The van der Waals surface area contributed by atoms with Crippen LogP contribution in [0.3, 0.4) is 0 Å². The molecule has 0 aliphatic rings. The lowest BCUT2D eigenvalue weighted by Gasteiger charge is -2.08. The third-order valence-corrected chi connectivity index (χ3v) is 2.76. The van der Waals surface area contributed by atoms with E-state index in [2.05, 4.69) is 10.4 Å². The van der Waals surface area contributed by atoms with Gasteiger partial charge in [0.15, 0.2) is 0 Å². The van der Waals surface area contributed by atoms with E-state index in [1.807, 2.05) is 19.9 Å². The zero-order valence-corrected chi connectivity index (χ0v) is 10.7. The van der Waals surface area contributed by atoms with Crippen LogP contribution in [0.25, 0.3) is 0 Å². The number of nitrogens with zero attached hydrogens (tertiary/aromatic N) is 2. The van der Waals surface area contributed by atoms with E-state index >= 15 is 0 Å². The number of nitrogens with two attached hydrogens (primary N) is 1. The molecule has 0 bridgehead atoms. The average Bonchev–Trinajstić information content (AvgIpc) is 2.62. The smallest absolute Gasteiger partial charge is 0.259 e. The van der Waals surface area contributed by atoms with Gasteiger partial charge in [0.25, 0.3) is 5.91 Å². The van der Waals surface area contributed by atoms with Crippen LogP contribution < -0.4 is 11.1 Å². The lowest BCUT2D eigenvalue weighted by molar-refractivity contribution is 0.102. The number of hydrogen-bond donors (Lipinski definition) is 2. The molecule has 2 rings (SSSR count). The topological polar surface area (TPSA) is 72.9 Å². The average molecular weight is 244 g/mol. The summed E-state index contributed by atoms with van der Waals surface area (Å²) < 4.78 is 1.63. The number of aromatic nitrogens is 2. The van der Waals surface area contributed by atoms with Crippen molar-refractivity contribution < 1.29 is 4.79 Å². The number of amides is 1. The van der Waals surface area contributed by atoms with Crippen molar-refractivity contribution >= 4 is 17.3 Å². The Balaban J connectivity index is 2.24. The van der Waals surface area contributed by atoms with E-state index in [9.17, 15) is 4.79 Å². The van der Waals surface area contributed by atoms with Gasteiger partial charge in [0, 0.05) is 24.6 Å². The van der Waals surface area contributed by atoms with Gasteiger partial charge in [-0.25, -0.2) is 0 Å². The van der Waals surface area contributed by atoms with Crippen LogP contribution >= 0.6 is 0 Å². The van der Waals surface area contributed by atoms with Crippen molar-refractivity contribution in [3.63, 3.8) is 0 Å². The van der Waals surface area contributed by atoms with E-state index in [0.29, 0.717) is 16.9 Å². The number of benzene rings is 1. The second-order valence-electron chi connectivity index (χ2n) is 4.33. The largest absolute Gasteiger partial charge is 0.399 e. The van der Waals surface area contributed by atoms with Gasteiger partial charge in [-0.2, -0.15) is 5.10 Å². The summed E-state index contributed by atoms with van der Waals surface area (Å²) in [7, 11) is 1.79. The second-order valence-corrected chi connectivity index (χ2v) is 4.33. The number of rotatable bonds is 2. The molecule has 18 heavy (non-hydrogen) atoms. The Kier molecular flexibility index (Phi) is 3.06. The summed E-state index contributed by atoms with van der Waals surface area (Å²) in [6, 6.07) is 5.39. The Morgan fingerprint density at radius 1 is 1.39 bits per heavy atom. The molecule has 0 spiro atoms. The molecule has 1 aromatic heterocycles. The molecule has 3 N–H and O–H groups in total. The van der Waals surface area contributed by atoms with Crippen molar-refractivity contribution in [1.82, 2.24) is 9.78 Å². The number of aryl methyl sites for hydroxylation is 3. The van der Waals surface area contributed by atoms with E-state index in [-0.39, 0.29) is 5.91 Å². The highest BCUT2D eigenvalue weighted by Gasteiger charge is 2.13. The maximum absolute atomic E-state index is 12.1. The Labute approximate surface area is 106 Å². The van der Waals surface area contributed by atoms with Crippen LogP contribution in [0.15, 0.2) is 24.4 Å². The van der Waals surface area contributed by atoms with Gasteiger partial charge in [0.1, 0.15) is 0 Å². The van der Waals surface area contributed by atoms with Crippen molar-refractivity contribution in [2.45, 2.75) is 13.8 Å². The van der Waals surface area contributed by atoms with Crippen molar-refractivity contribution in [2.75, 3.05) is 11.1 Å². The minimum Gasteiger partial charge on any atom is -0.399 e. The molecular formula is C13H16N4O. The van der Waals surface area contributed by atoms with Crippen molar-refractivity contribution in [2.24, 2.45) is 7.05 Å². The van der Waals surface area contributed by atoms with Crippen molar-refractivity contribution in [3.8, 4) is 0 Å². The highest BCUT2D eigenvalue weighted by Crippen LogP contribution is 2.19. The summed E-state index contributed by atoms with van der Waals surface area (Å²) in [5, 5.41) is 7.01. The predicted molar refractivity (Wildman–Crippen MR) is 71.5 cm³/mol. The Morgan fingerprint density at radius 2 is 2.11 bits per heavy atom. The number of nitrogen functional groups attached to an aromatic ring is 1. The Bertz CT molecular complexity index is 601. The van der Waals surface area contributed by atoms with Crippen LogP contribution in [0, 0.1) is 13.8 Å². The van der Waals surface area contributed by atoms with Crippen LogP contribution in [0.1, 0.15) is 21.6 Å². The van der Waals surface area contributed by atoms with Gasteiger partial charge in [-0.1, -0.05) is 0 Å². The van der Waals surface area contributed by atoms with Crippen LogP contribution in [0.5, 0.6) is 0 Å². The molecule has 0 radical (unpaired) electrons. The van der Waals surface area contributed by atoms with Crippen LogP contribution in [-0.2, 0) is 7.05 Å². The van der Waals surface area contributed by atoms with Crippen LogP contribution in [0.4, 0.5) is 11.4 Å². The van der Waals surface area contributed by atoms with Crippen molar-refractivity contribution in [3.05, 3.63) is 41.2 Å². The number of nitrogens with one attached hydrogen (secondary N) is 1. The fourth-order valence-corrected chi connectivity index (χ4v) is 1.84. The number of anilines is 2. The summed E-state index contributed by atoms with van der Waals surface area (Å²) in [4.78, 5) is 12.1. The van der Waals surface area contributed by atoms with Gasteiger partial charge in [-0.15, -0.1) is 0 Å². The molecule has 1 heterocycles. The monoisotopic (exact) mass is 244 g/mol. The molecule has 0 aliphatic carbocycles. The zero-order chi connectivity index (χ0) is 13.3. The summed E-state index contributed by atoms with van der Waals surface area (Å²) in [6.45, 7) is 3.72. The van der Waals surface area contributed by atoms with Crippen LogP contribution in [0.2, 0.25) is 0 Å². The molecule has 0 fully saturated rings. The first-order valence-corrected chi connectivity index (χ1v) is 5.65. The molecule has 0 aliphatic heterocycles. The lowest BCUT2D eigenvalue weighted by atomic mass is 10.1. The maximum Gasteiger partial charge on any atom is 0.259 e. The van der Waals surface area contributed by atoms with E-state index in [0.717, 1.165) is 11.3 Å². The standard InChI is InChI=1S/C13H16N4O/c1-8-6-10(14)4-5-12(8)15-13(18)11-7-17(3)16-9(11)2/h4-7H,14H2,1-3H3,(H,15,18). The summed E-state index contributed by atoms with van der Waals surface area (Å²) in [6.07, 6.45) is 1.71. The molecule has 5 nitrogen and oxygen atoms in total. The highest BCUT2D eigenvalue weighted by molar-refractivity contribution is 6.05. The highest BCUT2D eigenvalue weighted by atomic mass is 16.1. The predicted octanol–water partition coefficient (Wildman–Crippen LogP) is 1.87. The first-order valence-electron chi connectivity index (χ1n) is 5.65. The molecule has 94 valence electrons. The molecule has 0 saturated heterocycles. The maximum atomic E-state index is 12.1. The quantitative estimate of drug-likeness (QED) is 0.792. The third kappa shape index (κ3) is 2.34. The number of hydrogen-bond acceptors (Lipinski definition) is 3. The van der Waals surface area contributed by atoms with E-state index < -0.39 is 0 Å². The van der Waals surface area contributed by atoms with Crippen LogP contribution in [-0.4, -0.2) is 15.7 Å². The molecule has 1 aromatic carbocycles. The van der Waals surface area contributed by atoms with Gasteiger partial charge in [0.2, 0.25) is 0 Å². The molecule has 0 atom stereocenters. The van der Waals surface area contributed by atoms with Gasteiger partial charge in [-0.3, -0.25) is 9.48 Å². The minimum atomic E-state index is -0.159. The molecule has 2 aromatic rings. The summed E-state index contributed by atoms with van der Waals surface area (Å²) in [5.74, 6) is -0.159. The first kappa shape index (κ1) is 12.2. The number of carbonyl (C=O) groups excluding carboxylic acids is 1. The summed E-state index contributed by atoms with van der Waals surface area (Å²) in [5.41, 5.74) is 9.34. The summed E-state index contributed by atoms with van der Waals surface area (Å²) >= 11 is 0. The molecule has 1 amide bonds. The molecule has 0 saturated carbocycles. The normalized spacial score (nSPS) is 10.4. The number of carbonyl (C=O) groups is 1. The van der Waals surface area contributed by atoms with Gasteiger partial charge >= 0.3 is 0 Å². The third-order valence-electron chi connectivity index (χ3n) is 2.76. The fraction of sp³-hybridized carbons (Fsp3) is 0.231. The molecule has 5 heteroatoms. The van der Waals surface area contributed by atoms with E-state index in [4.69, 9.17) is 5.73 Å². The zero-order valence-electron chi connectivity index (χ0n) is 10.7. The molecule has 0 unspecified atom stereocenters. The fourth-order valence-electron chi connectivity index (χ4n) is 1.84. The van der Waals surface area contributed by atoms with Crippen molar-refractivity contribution in [1.29, 1.82) is 0 Å². The minimum absolute atomic E-state index is 0.159. The van der Waals surface area contributed by atoms with E-state index in [1.165, 1.54) is 0 Å². The lowest BCUT2D eigenvalue weighted by Crippen LogP contribution is -2.13. The van der Waals surface area contributed by atoms with Gasteiger partial charge in [-0.05, 0) is 37.6 Å². The molecular weight excluding hydrogens is 228 g/mol. The van der Waals surface area contributed by atoms with E-state index in [1.54, 1.807) is 30.1 Å². The second kappa shape index (κ2) is 4.52. The SMILES string of the molecule is Cc1cc(N)ccc1NC(=O)c1cn(C)nc1C. The Hall–Kier alpha value is -2.30.